The third-order valence-corrected chi connectivity index (χ3v) is 4.85. The second-order valence-corrected chi connectivity index (χ2v) is 7.03. The Labute approximate surface area is 118 Å². The van der Waals surface area contributed by atoms with Crippen molar-refractivity contribution in [2.75, 3.05) is 5.32 Å². The predicted octanol–water partition coefficient (Wildman–Crippen LogP) is 0.214. The Morgan fingerprint density at radius 3 is 2.14 bits per heavy atom. The highest BCUT2D eigenvalue weighted by molar-refractivity contribution is 7.86. The Balaban J connectivity index is 2.64. The van der Waals surface area contributed by atoms with E-state index in [0.29, 0.717) is 6.07 Å². The molecule has 0 aliphatic carbocycles. The van der Waals surface area contributed by atoms with Crippen molar-refractivity contribution in [1.29, 1.82) is 0 Å². The molecule has 8 nitrogen and oxygen atoms in total. The van der Waals surface area contributed by atoms with E-state index in [1.54, 1.807) is 0 Å². The lowest BCUT2D eigenvalue weighted by atomic mass is 10.1. The lowest BCUT2D eigenvalue weighted by Gasteiger charge is -2.17. The zero-order valence-corrected chi connectivity index (χ0v) is 11.6. The molecule has 2 aromatic carbocycles. The molecule has 0 aromatic heterocycles. The third kappa shape index (κ3) is 2.00. The Morgan fingerprint density at radius 1 is 0.952 bits per heavy atom. The van der Waals surface area contributed by atoms with Crippen molar-refractivity contribution in [2.45, 2.75) is 9.79 Å². The van der Waals surface area contributed by atoms with Crippen LogP contribution in [0.25, 0.3) is 10.8 Å². The molecule has 0 unspecified atom stereocenters. The van der Waals surface area contributed by atoms with Gasteiger partial charge in [-0.3, -0.25) is 4.79 Å². The van der Waals surface area contributed by atoms with Gasteiger partial charge in [-0.2, -0.15) is 0 Å². The Hall–Kier alpha value is -2.01. The van der Waals surface area contributed by atoms with Crippen LogP contribution >= 0.6 is 0 Å². The van der Waals surface area contributed by atoms with Crippen molar-refractivity contribution in [3.05, 3.63) is 29.8 Å². The van der Waals surface area contributed by atoms with E-state index >= 15 is 0 Å². The molecule has 0 bridgehead atoms. The molecule has 2 aromatic rings. The molecule has 0 saturated heterocycles. The normalized spacial score (nSPS) is 14.5. The summed E-state index contributed by atoms with van der Waals surface area (Å²) in [4.78, 5) is 9.96. The summed E-state index contributed by atoms with van der Waals surface area (Å²) in [5, 5.41) is 2.04. The quantitative estimate of drug-likeness (QED) is 0.776. The molecular formula is C11H5NO7S2-2. The molecule has 3 rings (SSSR count). The first kappa shape index (κ1) is 13.9. The fourth-order valence-electron chi connectivity index (χ4n) is 2.32. The molecule has 0 fully saturated rings. The van der Waals surface area contributed by atoms with E-state index < -0.39 is 35.9 Å². The van der Waals surface area contributed by atoms with Crippen LogP contribution in [-0.4, -0.2) is 31.8 Å². The molecule has 1 aliphatic heterocycles. The summed E-state index contributed by atoms with van der Waals surface area (Å²) < 4.78 is 67.7. The van der Waals surface area contributed by atoms with E-state index in [0.717, 1.165) is 0 Å². The van der Waals surface area contributed by atoms with Gasteiger partial charge in [0.25, 0.3) is 5.91 Å². The smallest absolute Gasteiger partial charge is 0.256 e. The van der Waals surface area contributed by atoms with Gasteiger partial charge in [0, 0.05) is 16.3 Å². The number of amides is 1. The topological polar surface area (TPSA) is 144 Å². The number of hydrogen-bond donors (Lipinski definition) is 1. The maximum absolute atomic E-state index is 11.8. The average Bonchev–Trinajstić information content (AvgIpc) is 2.66. The van der Waals surface area contributed by atoms with Crippen molar-refractivity contribution < 1.29 is 30.7 Å². The molecule has 0 radical (unpaired) electrons. The van der Waals surface area contributed by atoms with Crippen molar-refractivity contribution in [3.8, 4) is 0 Å². The first-order valence-electron chi connectivity index (χ1n) is 5.43. The Kier molecular flexibility index (Phi) is 2.66. The summed E-state index contributed by atoms with van der Waals surface area (Å²) in [5.41, 5.74) is -0.300. The van der Waals surface area contributed by atoms with E-state index in [1.807, 2.05) is 0 Å². The lowest BCUT2D eigenvalue weighted by Crippen LogP contribution is -2.09. The number of anilines is 1. The van der Waals surface area contributed by atoms with Gasteiger partial charge in [-0.05, 0) is 12.1 Å². The standard InChI is InChI=1S/C11H7NO7S2/c13-11-6-3-1-2-5-7(20(14,15)16)4-8(21(17,18)19)10(12-11)9(5)6/h1-4H,(H,12,13)(H,14,15,16)(H,17,18,19)/p-2. The van der Waals surface area contributed by atoms with E-state index in [2.05, 4.69) is 5.32 Å². The summed E-state index contributed by atoms with van der Waals surface area (Å²) >= 11 is 0. The van der Waals surface area contributed by atoms with Crippen molar-refractivity contribution in [2.24, 2.45) is 0 Å². The van der Waals surface area contributed by atoms with Gasteiger partial charge in [0.1, 0.15) is 20.2 Å². The van der Waals surface area contributed by atoms with Crippen molar-refractivity contribution in [1.82, 2.24) is 0 Å². The van der Waals surface area contributed by atoms with Crippen LogP contribution in [-0.2, 0) is 20.2 Å². The minimum absolute atomic E-state index is 0.00194. The summed E-state index contributed by atoms with van der Waals surface area (Å²) in [7, 11) is -10.1. The Bertz CT molecular complexity index is 1020. The highest BCUT2D eigenvalue weighted by atomic mass is 32.2. The molecule has 1 aliphatic rings. The van der Waals surface area contributed by atoms with E-state index in [9.17, 15) is 30.7 Å². The molecule has 0 saturated carbocycles. The van der Waals surface area contributed by atoms with Gasteiger partial charge in [0.2, 0.25) is 0 Å². The number of benzene rings is 2. The minimum atomic E-state index is -5.08. The summed E-state index contributed by atoms with van der Waals surface area (Å²) in [6, 6.07) is 4.43. The van der Waals surface area contributed by atoms with Crippen LogP contribution in [0.1, 0.15) is 10.4 Å². The predicted molar refractivity (Wildman–Crippen MR) is 67.8 cm³/mol. The number of rotatable bonds is 2. The van der Waals surface area contributed by atoms with Crippen molar-refractivity contribution in [3.63, 3.8) is 0 Å². The van der Waals surface area contributed by atoms with Crippen LogP contribution in [0.3, 0.4) is 0 Å². The fraction of sp³-hybridized carbons (Fsp3) is 0. The maximum Gasteiger partial charge on any atom is 0.256 e. The van der Waals surface area contributed by atoms with Crippen LogP contribution < -0.4 is 5.32 Å². The van der Waals surface area contributed by atoms with Crippen LogP contribution in [0.15, 0.2) is 34.1 Å². The SMILES string of the molecule is O=C1Nc2c(S(=O)(=O)[O-])cc(S(=O)(=O)[O-])c3cccc1c23. The van der Waals surface area contributed by atoms with Gasteiger partial charge in [-0.1, -0.05) is 12.1 Å². The monoisotopic (exact) mass is 327 g/mol. The van der Waals surface area contributed by atoms with Crippen molar-refractivity contribution >= 4 is 42.6 Å². The third-order valence-electron chi connectivity index (χ3n) is 3.11. The zero-order valence-electron chi connectivity index (χ0n) is 9.98. The van der Waals surface area contributed by atoms with Crippen LogP contribution in [0.4, 0.5) is 5.69 Å². The number of carbonyl (C=O) groups is 1. The van der Waals surface area contributed by atoms with E-state index in [1.165, 1.54) is 18.2 Å². The summed E-state index contributed by atoms with van der Waals surface area (Å²) in [6.45, 7) is 0. The van der Waals surface area contributed by atoms with E-state index in [4.69, 9.17) is 0 Å². The molecule has 1 heterocycles. The minimum Gasteiger partial charge on any atom is -0.744 e. The first-order chi connectivity index (χ1) is 9.60. The van der Waals surface area contributed by atoms with Crippen LogP contribution in [0, 0.1) is 0 Å². The number of nitrogens with one attached hydrogen (secondary N) is 1. The van der Waals surface area contributed by atoms with Gasteiger partial charge in [-0.25, -0.2) is 16.8 Å². The molecule has 1 N–H and O–H groups in total. The molecular weight excluding hydrogens is 322 g/mol. The van der Waals surface area contributed by atoms with Gasteiger partial charge in [0.05, 0.1) is 15.5 Å². The van der Waals surface area contributed by atoms with Gasteiger partial charge >= 0.3 is 0 Å². The molecule has 110 valence electrons. The number of carbonyl (C=O) groups excluding carboxylic acids is 1. The molecule has 0 atom stereocenters. The highest BCUT2D eigenvalue weighted by Gasteiger charge is 2.28. The molecule has 0 spiro atoms. The largest absolute Gasteiger partial charge is 0.744 e. The van der Waals surface area contributed by atoms with Gasteiger partial charge in [0.15, 0.2) is 0 Å². The average molecular weight is 327 g/mol. The van der Waals surface area contributed by atoms with Gasteiger partial charge in [-0.15, -0.1) is 0 Å². The summed E-state index contributed by atoms with van der Waals surface area (Å²) in [6.07, 6.45) is 0. The first-order valence-corrected chi connectivity index (χ1v) is 8.25. The Morgan fingerprint density at radius 2 is 1.57 bits per heavy atom. The second-order valence-electron chi connectivity index (χ2n) is 4.34. The molecule has 10 heteroatoms. The van der Waals surface area contributed by atoms with Crippen LogP contribution in [0.2, 0.25) is 0 Å². The molecule has 1 amide bonds. The fourth-order valence-corrected chi connectivity index (χ4v) is 3.76. The molecule has 21 heavy (non-hydrogen) atoms. The second kappa shape index (κ2) is 4.01. The van der Waals surface area contributed by atoms with E-state index in [-0.39, 0.29) is 22.0 Å². The summed E-state index contributed by atoms with van der Waals surface area (Å²) in [5.74, 6) is -0.680. The lowest BCUT2D eigenvalue weighted by molar-refractivity contribution is 0.103. The number of hydrogen-bond acceptors (Lipinski definition) is 7. The van der Waals surface area contributed by atoms with Gasteiger partial charge < -0.3 is 14.4 Å². The highest BCUT2D eigenvalue weighted by Crippen LogP contribution is 2.41. The zero-order chi connectivity index (χ0) is 15.6. The maximum atomic E-state index is 11.8. The van der Waals surface area contributed by atoms with Crippen LogP contribution in [0.5, 0.6) is 0 Å².